The minimum absolute atomic E-state index is 0.716. The Morgan fingerprint density at radius 2 is 2.12 bits per heavy atom. The summed E-state index contributed by atoms with van der Waals surface area (Å²) < 4.78 is 5.31. The van der Waals surface area contributed by atoms with E-state index in [0.29, 0.717) is 5.69 Å². The first-order valence-electron chi connectivity index (χ1n) is 5.41. The van der Waals surface area contributed by atoms with Crippen molar-refractivity contribution in [1.82, 2.24) is 9.97 Å². The highest BCUT2D eigenvalue weighted by molar-refractivity contribution is 5.88. The molecule has 0 atom stereocenters. The van der Waals surface area contributed by atoms with Crippen LogP contribution in [0.4, 0.5) is 11.6 Å². The van der Waals surface area contributed by atoms with Gasteiger partial charge in [-0.2, -0.15) is 0 Å². The molecule has 1 aliphatic heterocycles. The SMILES string of the molecule is Nc1cccc2[nH]c(N3CCOCC3)nc12. The molecule has 1 aromatic heterocycles. The van der Waals surface area contributed by atoms with Crippen LogP contribution in [0.15, 0.2) is 18.2 Å². The number of aromatic amines is 1. The summed E-state index contributed by atoms with van der Waals surface area (Å²) in [5.41, 5.74) is 8.43. The zero-order valence-corrected chi connectivity index (χ0v) is 8.94. The van der Waals surface area contributed by atoms with Crippen LogP contribution in [0.3, 0.4) is 0 Å². The average Bonchev–Trinajstić information content (AvgIpc) is 2.76. The lowest BCUT2D eigenvalue weighted by molar-refractivity contribution is 0.122. The van der Waals surface area contributed by atoms with Gasteiger partial charge in [0.2, 0.25) is 5.95 Å². The van der Waals surface area contributed by atoms with Gasteiger partial charge in [-0.3, -0.25) is 0 Å². The highest BCUT2D eigenvalue weighted by atomic mass is 16.5. The topological polar surface area (TPSA) is 67.2 Å². The second-order valence-corrected chi connectivity index (χ2v) is 3.90. The minimum atomic E-state index is 0.716. The van der Waals surface area contributed by atoms with Crippen molar-refractivity contribution >= 4 is 22.7 Å². The van der Waals surface area contributed by atoms with Crippen LogP contribution in [0.2, 0.25) is 0 Å². The summed E-state index contributed by atoms with van der Waals surface area (Å²) in [6.45, 7) is 3.26. The van der Waals surface area contributed by atoms with Crippen LogP contribution in [-0.4, -0.2) is 36.3 Å². The lowest BCUT2D eigenvalue weighted by Crippen LogP contribution is -2.36. The number of anilines is 2. The molecule has 0 amide bonds. The van der Waals surface area contributed by atoms with Crippen molar-refractivity contribution in [3.8, 4) is 0 Å². The average molecular weight is 218 g/mol. The molecule has 3 N–H and O–H groups in total. The standard InChI is InChI=1S/C11H14N4O/c12-8-2-1-3-9-10(8)14-11(13-9)15-4-6-16-7-5-15/h1-3H,4-7,12H2,(H,13,14). The van der Waals surface area contributed by atoms with Gasteiger partial charge in [-0.1, -0.05) is 6.07 Å². The smallest absolute Gasteiger partial charge is 0.204 e. The van der Waals surface area contributed by atoms with E-state index in [1.807, 2.05) is 18.2 Å². The summed E-state index contributed by atoms with van der Waals surface area (Å²) in [7, 11) is 0. The molecular formula is C11H14N4O. The van der Waals surface area contributed by atoms with Crippen LogP contribution >= 0.6 is 0 Å². The van der Waals surface area contributed by atoms with E-state index in [1.54, 1.807) is 0 Å². The predicted molar refractivity (Wildman–Crippen MR) is 63.5 cm³/mol. The fourth-order valence-electron chi connectivity index (χ4n) is 1.97. The molecule has 0 unspecified atom stereocenters. The molecule has 5 heteroatoms. The summed E-state index contributed by atoms with van der Waals surface area (Å²) in [6.07, 6.45) is 0. The molecular weight excluding hydrogens is 204 g/mol. The van der Waals surface area contributed by atoms with E-state index in [0.717, 1.165) is 43.3 Å². The van der Waals surface area contributed by atoms with Crippen molar-refractivity contribution in [3.63, 3.8) is 0 Å². The van der Waals surface area contributed by atoms with Gasteiger partial charge in [0.05, 0.1) is 24.4 Å². The highest BCUT2D eigenvalue weighted by Crippen LogP contribution is 2.22. The number of H-pyrrole nitrogens is 1. The van der Waals surface area contributed by atoms with Gasteiger partial charge in [0.25, 0.3) is 0 Å². The molecule has 84 valence electrons. The van der Waals surface area contributed by atoms with E-state index < -0.39 is 0 Å². The predicted octanol–water partition coefficient (Wildman–Crippen LogP) is 0.982. The Bertz CT molecular complexity index is 502. The summed E-state index contributed by atoms with van der Waals surface area (Å²) in [6, 6.07) is 5.79. The Morgan fingerprint density at radius 3 is 2.88 bits per heavy atom. The fourth-order valence-corrected chi connectivity index (χ4v) is 1.97. The molecule has 1 aliphatic rings. The third-order valence-corrected chi connectivity index (χ3v) is 2.84. The second-order valence-electron chi connectivity index (χ2n) is 3.90. The molecule has 16 heavy (non-hydrogen) atoms. The fraction of sp³-hybridized carbons (Fsp3) is 0.364. The number of ether oxygens (including phenoxy) is 1. The molecule has 1 fully saturated rings. The maximum absolute atomic E-state index is 5.87. The van der Waals surface area contributed by atoms with Crippen LogP contribution < -0.4 is 10.6 Å². The van der Waals surface area contributed by atoms with Gasteiger partial charge < -0.3 is 20.4 Å². The lowest BCUT2D eigenvalue weighted by atomic mass is 10.3. The Labute approximate surface area is 93.2 Å². The van der Waals surface area contributed by atoms with E-state index in [4.69, 9.17) is 10.5 Å². The van der Waals surface area contributed by atoms with Crippen molar-refractivity contribution < 1.29 is 4.74 Å². The van der Waals surface area contributed by atoms with Gasteiger partial charge in [-0.15, -0.1) is 0 Å². The zero-order valence-electron chi connectivity index (χ0n) is 8.94. The van der Waals surface area contributed by atoms with Gasteiger partial charge >= 0.3 is 0 Å². The summed E-state index contributed by atoms with van der Waals surface area (Å²) in [5, 5.41) is 0. The maximum atomic E-state index is 5.87. The lowest BCUT2D eigenvalue weighted by Gasteiger charge is -2.26. The first kappa shape index (κ1) is 9.47. The summed E-state index contributed by atoms with van der Waals surface area (Å²) >= 11 is 0. The number of hydrogen-bond acceptors (Lipinski definition) is 4. The quantitative estimate of drug-likeness (QED) is 0.700. The number of fused-ring (bicyclic) bond motifs is 1. The molecule has 0 saturated carbocycles. The van der Waals surface area contributed by atoms with Crippen molar-refractivity contribution in [3.05, 3.63) is 18.2 Å². The van der Waals surface area contributed by atoms with Crippen LogP contribution in [0.25, 0.3) is 11.0 Å². The van der Waals surface area contributed by atoms with Crippen LogP contribution in [0.5, 0.6) is 0 Å². The molecule has 2 aromatic rings. The molecule has 0 radical (unpaired) electrons. The number of nitrogen functional groups attached to an aromatic ring is 1. The van der Waals surface area contributed by atoms with Crippen molar-refractivity contribution in [2.45, 2.75) is 0 Å². The number of nitrogens with zero attached hydrogens (tertiary/aromatic N) is 2. The van der Waals surface area contributed by atoms with Gasteiger partial charge in [-0.25, -0.2) is 4.98 Å². The van der Waals surface area contributed by atoms with Crippen LogP contribution in [0.1, 0.15) is 0 Å². The van der Waals surface area contributed by atoms with Crippen LogP contribution in [-0.2, 0) is 4.74 Å². The van der Waals surface area contributed by atoms with Crippen molar-refractivity contribution in [1.29, 1.82) is 0 Å². The highest BCUT2D eigenvalue weighted by Gasteiger charge is 2.15. The van der Waals surface area contributed by atoms with Crippen molar-refractivity contribution in [2.75, 3.05) is 36.9 Å². The number of benzene rings is 1. The van der Waals surface area contributed by atoms with Gasteiger partial charge in [0.15, 0.2) is 0 Å². The normalized spacial score (nSPS) is 16.9. The minimum Gasteiger partial charge on any atom is -0.397 e. The molecule has 3 rings (SSSR count). The summed E-state index contributed by atoms with van der Waals surface area (Å²) in [4.78, 5) is 9.99. The molecule has 0 bridgehead atoms. The van der Waals surface area contributed by atoms with E-state index in [-0.39, 0.29) is 0 Å². The number of nitrogens with two attached hydrogens (primary N) is 1. The Morgan fingerprint density at radius 1 is 1.31 bits per heavy atom. The largest absolute Gasteiger partial charge is 0.397 e. The number of hydrogen-bond donors (Lipinski definition) is 2. The molecule has 1 saturated heterocycles. The monoisotopic (exact) mass is 218 g/mol. The number of nitrogens with one attached hydrogen (secondary N) is 1. The van der Waals surface area contributed by atoms with Crippen LogP contribution in [0, 0.1) is 0 Å². The molecule has 1 aromatic carbocycles. The summed E-state index contributed by atoms with van der Waals surface area (Å²) in [5.74, 6) is 0.885. The molecule has 0 spiro atoms. The number of rotatable bonds is 1. The Kier molecular flexibility index (Phi) is 2.18. The van der Waals surface area contributed by atoms with E-state index >= 15 is 0 Å². The van der Waals surface area contributed by atoms with Gasteiger partial charge in [-0.05, 0) is 12.1 Å². The molecule has 5 nitrogen and oxygen atoms in total. The number of aromatic nitrogens is 2. The maximum Gasteiger partial charge on any atom is 0.204 e. The number of imidazole rings is 1. The molecule has 0 aliphatic carbocycles. The second kappa shape index (κ2) is 3.68. The van der Waals surface area contributed by atoms with E-state index in [9.17, 15) is 0 Å². The zero-order chi connectivity index (χ0) is 11.0. The van der Waals surface area contributed by atoms with Gasteiger partial charge in [0.1, 0.15) is 5.52 Å². The van der Waals surface area contributed by atoms with Crippen molar-refractivity contribution in [2.24, 2.45) is 0 Å². The molecule has 2 heterocycles. The number of para-hydroxylation sites is 1. The Hall–Kier alpha value is -1.75. The van der Waals surface area contributed by atoms with E-state index in [1.165, 1.54) is 0 Å². The first-order valence-corrected chi connectivity index (χ1v) is 5.41. The number of morpholine rings is 1. The van der Waals surface area contributed by atoms with Gasteiger partial charge in [0, 0.05) is 13.1 Å². The third-order valence-electron chi connectivity index (χ3n) is 2.84. The Balaban J connectivity index is 2.01. The third kappa shape index (κ3) is 1.49. The van der Waals surface area contributed by atoms with E-state index in [2.05, 4.69) is 14.9 Å². The first-order chi connectivity index (χ1) is 7.84.